The minimum Gasteiger partial charge on any atom is -0.330 e. The van der Waals surface area contributed by atoms with Crippen LogP contribution >= 0.6 is 0 Å². The molecule has 1 atom stereocenters. The van der Waals surface area contributed by atoms with E-state index < -0.39 is 5.41 Å². The minimum atomic E-state index is -0.464. The lowest BCUT2D eigenvalue weighted by molar-refractivity contribution is -0.125. The Bertz CT molecular complexity index is 212. The zero-order valence-corrected chi connectivity index (χ0v) is 6.85. The average Bonchev–Trinajstić information content (AvgIpc) is 2.19. The first-order valence-electron chi connectivity index (χ1n) is 3.66. The fourth-order valence-corrected chi connectivity index (χ4v) is 1.13. The highest BCUT2D eigenvalue weighted by Crippen LogP contribution is 2.26. The lowest BCUT2D eigenvalue weighted by Gasteiger charge is -2.19. The number of carbonyl (C=O) groups excluding carboxylic acids is 1. The molecule has 0 aromatic rings. The first kappa shape index (κ1) is 8.20. The summed E-state index contributed by atoms with van der Waals surface area (Å²) in [7, 11) is 0. The first-order valence-corrected chi connectivity index (χ1v) is 3.66. The maximum Gasteiger partial charge on any atom is 0.251 e. The molecule has 0 radical (unpaired) electrons. The van der Waals surface area contributed by atoms with Crippen LogP contribution in [0.4, 0.5) is 0 Å². The molecule has 4 nitrogen and oxygen atoms in total. The van der Waals surface area contributed by atoms with Crippen molar-refractivity contribution in [2.24, 2.45) is 16.3 Å². The molecule has 0 aliphatic carbocycles. The van der Waals surface area contributed by atoms with E-state index in [1.54, 1.807) is 0 Å². The van der Waals surface area contributed by atoms with Crippen LogP contribution in [0.2, 0.25) is 0 Å². The molecule has 1 heterocycles. The van der Waals surface area contributed by atoms with Crippen LogP contribution in [-0.2, 0) is 4.79 Å². The van der Waals surface area contributed by atoms with Crippen LogP contribution in [0.1, 0.15) is 20.3 Å². The summed E-state index contributed by atoms with van der Waals surface area (Å²) >= 11 is 0. The number of hydrogen-bond acceptors (Lipinski definition) is 3. The van der Waals surface area contributed by atoms with Crippen molar-refractivity contribution in [2.45, 2.75) is 20.3 Å². The lowest BCUT2D eigenvalue weighted by atomic mass is 9.82. The molecule has 1 rings (SSSR count). The highest BCUT2D eigenvalue weighted by Gasteiger charge is 2.39. The van der Waals surface area contributed by atoms with Crippen LogP contribution in [0.15, 0.2) is 5.10 Å². The number of rotatable bonds is 2. The molecule has 4 heteroatoms. The number of hydrogen-bond donors (Lipinski definition) is 2. The van der Waals surface area contributed by atoms with Crippen LogP contribution in [-0.4, -0.2) is 18.2 Å². The third-order valence-electron chi connectivity index (χ3n) is 2.27. The van der Waals surface area contributed by atoms with Gasteiger partial charge >= 0.3 is 0 Å². The van der Waals surface area contributed by atoms with Crippen molar-refractivity contribution in [3.8, 4) is 0 Å². The summed E-state index contributed by atoms with van der Waals surface area (Å²) in [5, 5.41) is 3.85. The second-order valence-electron chi connectivity index (χ2n) is 3.01. The van der Waals surface area contributed by atoms with E-state index in [4.69, 9.17) is 5.73 Å². The van der Waals surface area contributed by atoms with Crippen LogP contribution in [0.3, 0.4) is 0 Å². The van der Waals surface area contributed by atoms with Crippen molar-refractivity contribution in [2.75, 3.05) is 6.54 Å². The summed E-state index contributed by atoms with van der Waals surface area (Å²) in [6.07, 6.45) is 0.661. The Kier molecular flexibility index (Phi) is 1.95. The minimum absolute atomic E-state index is 0.0412. The molecule has 0 saturated heterocycles. The van der Waals surface area contributed by atoms with E-state index in [1.165, 1.54) is 0 Å². The van der Waals surface area contributed by atoms with Crippen LogP contribution in [0, 0.1) is 5.41 Å². The molecule has 1 amide bonds. The highest BCUT2D eigenvalue weighted by atomic mass is 16.2. The summed E-state index contributed by atoms with van der Waals surface area (Å²) in [6, 6.07) is 0. The standard InChI is InChI=1S/C7H13N3O/c1-5-7(2,3-4-8)6(11)10-9-5/h3-4,8H2,1-2H3,(H,10,11). The number of hydrazone groups is 1. The van der Waals surface area contributed by atoms with Crippen molar-refractivity contribution in [1.82, 2.24) is 5.43 Å². The molecular weight excluding hydrogens is 142 g/mol. The quantitative estimate of drug-likeness (QED) is 0.582. The molecule has 1 aliphatic rings. The van der Waals surface area contributed by atoms with Gasteiger partial charge in [-0.25, -0.2) is 5.43 Å². The van der Waals surface area contributed by atoms with E-state index in [0.717, 1.165) is 5.71 Å². The third-order valence-corrected chi connectivity index (χ3v) is 2.27. The molecule has 62 valence electrons. The molecule has 0 fully saturated rings. The fraction of sp³-hybridized carbons (Fsp3) is 0.714. The van der Waals surface area contributed by atoms with E-state index in [9.17, 15) is 4.79 Å². The van der Waals surface area contributed by atoms with Crippen molar-refractivity contribution in [1.29, 1.82) is 0 Å². The van der Waals surface area contributed by atoms with Gasteiger partial charge in [0.1, 0.15) is 0 Å². The average molecular weight is 155 g/mol. The molecule has 0 aromatic heterocycles. The number of amides is 1. The number of nitrogens with one attached hydrogen (secondary N) is 1. The summed E-state index contributed by atoms with van der Waals surface area (Å²) in [6.45, 7) is 4.21. The van der Waals surface area contributed by atoms with E-state index >= 15 is 0 Å². The Morgan fingerprint density at radius 1 is 1.73 bits per heavy atom. The molecule has 1 unspecified atom stereocenters. The number of nitrogens with two attached hydrogens (primary N) is 1. The predicted octanol–water partition coefficient (Wildman–Crippen LogP) is -0.153. The monoisotopic (exact) mass is 155 g/mol. The third kappa shape index (κ3) is 1.14. The largest absolute Gasteiger partial charge is 0.330 e. The maximum atomic E-state index is 11.2. The zero-order chi connectivity index (χ0) is 8.48. The maximum absolute atomic E-state index is 11.2. The molecule has 1 aliphatic heterocycles. The van der Waals surface area contributed by atoms with Gasteiger partial charge in [0.05, 0.1) is 11.1 Å². The molecule has 0 spiro atoms. The molecule has 11 heavy (non-hydrogen) atoms. The number of nitrogens with zero attached hydrogens (tertiary/aromatic N) is 1. The normalized spacial score (nSPS) is 30.1. The topological polar surface area (TPSA) is 67.5 Å². The second-order valence-corrected chi connectivity index (χ2v) is 3.01. The van der Waals surface area contributed by atoms with Crippen molar-refractivity contribution in [3.05, 3.63) is 0 Å². The van der Waals surface area contributed by atoms with Crippen LogP contribution in [0.5, 0.6) is 0 Å². The van der Waals surface area contributed by atoms with Gasteiger partial charge in [-0.1, -0.05) is 0 Å². The van der Waals surface area contributed by atoms with Gasteiger partial charge in [-0.05, 0) is 26.8 Å². The van der Waals surface area contributed by atoms with Gasteiger partial charge in [-0.15, -0.1) is 0 Å². The van der Waals surface area contributed by atoms with Crippen molar-refractivity contribution >= 4 is 11.6 Å². The SMILES string of the molecule is CC1=NNC(=O)C1(C)CCN. The van der Waals surface area contributed by atoms with Gasteiger partial charge < -0.3 is 5.73 Å². The van der Waals surface area contributed by atoms with Gasteiger partial charge in [0.25, 0.3) is 5.91 Å². The molecule has 3 N–H and O–H groups in total. The molecular formula is C7H13N3O. The van der Waals surface area contributed by atoms with Crippen LogP contribution in [0.25, 0.3) is 0 Å². The lowest BCUT2D eigenvalue weighted by Crippen LogP contribution is -2.36. The Labute approximate surface area is 65.8 Å². The zero-order valence-electron chi connectivity index (χ0n) is 6.85. The van der Waals surface area contributed by atoms with Gasteiger partial charge in [-0.3, -0.25) is 4.79 Å². The summed E-state index contributed by atoms with van der Waals surface area (Å²) in [5.74, 6) is -0.0412. The van der Waals surface area contributed by atoms with Gasteiger partial charge in [0.2, 0.25) is 0 Å². The van der Waals surface area contributed by atoms with Crippen molar-refractivity contribution < 1.29 is 4.79 Å². The summed E-state index contributed by atoms with van der Waals surface area (Å²) in [5.41, 5.74) is 8.18. The van der Waals surface area contributed by atoms with Crippen molar-refractivity contribution in [3.63, 3.8) is 0 Å². The van der Waals surface area contributed by atoms with Gasteiger partial charge in [-0.2, -0.15) is 5.10 Å². The Morgan fingerprint density at radius 2 is 2.36 bits per heavy atom. The summed E-state index contributed by atoms with van der Waals surface area (Å²) in [4.78, 5) is 11.2. The summed E-state index contributed by atoms with van der Waals surface area (Å²) < 4.78 is 0. The first-order chi connectivity index (χ1) is 5.11. The molecule has 0 aromatic carbocycles. The number of carbonyl (C=O) groups is 1. The Morgan fingerprint density at radius 3 is 2.73 bits per heavy atom. The van der Waals surface area contributed by atoms with E-state index in [1.807, 2.05) is 13.8 Å². The van der Waals surface area contributed by atoms with Gasteiger partial charge in [0.15, 0.2) is 0 Å². The van der Waals surface area contributed by atoms with E-state index in [0.29, 0.717) is 13.0 Å². The predicted molar refractivity (Wildman–Crippen MR) is 43.0 cm³/mol. The second kappa shape index (κ2) is 2.62. The highest BCUT2D eigenvalue weighted by molar-refractivity contribution is 6.10. The molecule has 0 saturated carbocycles. The van der Waals surface area contributed by atoms with Crippen LogP contribution < -0.4 is 11.2 Å². The smallest absolute Gasteiger partial charge is 0.251 e. The molecule has 0 bridgehead atoms. The van der Waals surface area contributed by atoms with E-state index in [-0.39, 0.29) is 5.91 Å². The Balaban J connectivity index is 2.81. The Hall–Kier alpha value is -0.900. The fourth-order valence-electron chi connectivity index (χ4n) is 1.13. The van der Waals surface area contributed by atoms with Gasteiger partial charge in [0, 0.05) is 0 Å². The van der Waals surface area contributed by atoms with E-state index in [2.05, 4.69) is 10.5 Å².